The lowest BCUT2D eigenvalue weighted by atomic mass is 10.1. The number of benzene rings is 1. The summed E-state index contributed by atoms with van der Waals surface area (Å²) in [5.74, 6) is -2.24. The number of nitrogen functional groups attached to an aromatic ring is 2. The number of nitrogens with zero attached hydrogens (tertiary/aromatic N) is 3. The molecule has 0 amide bonds. The Bertz CT molecular complexity index is 1420. The first-order valence-electron chi connectivity index (χ1n) is 11.1. The Morgan fingerprint density at radius 3 is 2.69 bits per heavy atom. The van der Waals surface area contributed by atoms with Crippen molar-refractivity contribution in [1.82, 2.24) is 9.55 Å². The number of ether oxygens (including phenoxy) is 1. The van der Waals surface area contributed by atoms with Crippen molar-refractivity contribution in [2.24, 2.45) is 0 Å². The number of nitro groups is 1. The molecule has 3 heterocycles. The van der Waals surface area contributed by atoms with Gasteiger partial charge in [0.05, 0.1) is 28.1 Å². The molecular formula is C22H24FN7O6. The molecular weight excluding hydrogens is 477 g/mol. The first kappa shape index (κ1) is 24.5. The van der Waals surface area contributed by atoms with Crippen LogP contribution < -0.4 is 32.3 Å². The van der Waals surface area contributed by atoms with E-state index in [0.29, 0.717) is 19.4 Å². The van der Waals surface area contributed by atoms with Crippen molar-refractivity contribution in [3.05, 3.63) is 50.0 Å². The highest BCUT2D eigenvalue weighted by atomic mass is 19.1. The molecule has 0 fully saturated rings. The van der Waals surface area contributed by atoms with E-state index in [1.54, 1.807) is 4.57 Å². The molecule has 1 aliphatic heterocycles. The van der Waals surface area contributed by atoms with E-state index in [2.05, 4.69) is 15.6 Å². The number of carboxylic acid groups (broad SMARTS) is 1. The van der Waals surface area contributed by atoms with E-state index in [-0.39, 0.29) is 59.4 Å². The number of halogens is 1. The van der Waals surface area contributed by atoms with Crippen LogP contribution in [0.15, 0.2) is 23.1 Å². The van der Waals surface area contributed by atoms with Gasteiger partial charge in [0.1, 0.15) is 17.1 Å². The summed E-state index contributed by atoms with van der Waals surface area (Å²) in [7, 11) is 0. The number of nitrogens with one attached hydrogen (secondary N) is 2. The number of aryl methyl sites for hydroxylation is 1. The van der Waals surface area contributed by atoms with E-state index in [9.17, 15) is 24.8 Å². The van der Waals surface area contributed by atoms with Gasteiger partial charge >= 0.3 is 11.7 Å². The Morgan fingerprint density at radius 2 is 2.00 bits per heavy atom. The molecule has 14 heteroatoms. The fraction of sp³-hybridized carbons (Fsp3) is 0.318. The summed E-state index contributed by atoms with van der Waals surface area (Å²) in [6.07, 6.45) is 3.42. The number of aromatic nitrogens is 2. The highest BCUT2D eigenvalue weighted by molar-refractivity contribution is 6.03. The molecule has 36 heavy (non-hydrogen) atoms. The summed E-state index contributed by atoms with van der Waals surface area (Å²) in [4.78, 5) is 38.7. The molecule has 0 saturated carbocycles. The lowest BCUT2D eigenvalue weighted by Gasteiger charge is -2.21. The van der Waals surface area contributed by atoms with Gasteiger partial charge < -0.3 is 36.5 Å². The first-order valence-corrected chi connectivity index (χ1v) is 11.1. The summed E-state index contributed by atoms with van der Waals surface area (Å²) in [5.41, 5.74) is 9.60. The van der Waals surface area contributed by atoms with Crippen LogP contribution in [-0.2, 0) is 6.54 Å². The van der Waals surface area contributed by atoms with Crippen LogP contribution in [0.1, 0.15) is 29.6 Å². The predicted octanol–water partition coefficient (Wildman–Crippen LogP) is 2.39. The van der Waals surface area contributed by atoms with Crippen molar-refractivity contribution in [2.45, 2.75) is 25.8 Å². The van der Waals surface area contributed by atoms with Crippen molar-refractivity contribution in [3.63, 3.8) is 0 Å². The number of carbonyl (C=O) groups is 1. The molecule has 0 unspecified atom stereocenters. The average molecular weight is 501 g/mol. The van der Waals surface area contributed by atoms with Gasteiger partial charge in [-0.05, 0) is 25.3 Å². The average Bonchev–Trinajstić information content (AvgIpc) is 2.93. The molecule has 3 aromatic rings. The fourth-order valence-electron chi connectivity index (χ4n) is 4.08. The van der Waals surface area contributed by atoms with E-state index in [1.807, 2.05) is 0 Å². The zero-order chi connectivity index (χ0) is 26.0. The molecule has 0 bridgehead atoms. The van der Waals surface area contributed by atoms with Gasteiger partial charge in [0, 0.05) is 31.9 Å². The minimum absolute atomic E-state index is 0.0592. The fourth-order valence-corrected chi connectivity index (χ4v) is 4.08. The van der Waals surface area contributed by atoms with Gasteiger partial charge in [-0.1, -0.05) is 0 Å². The molecule has 1 aromatic carbocycles. The summed E-state index contributed by atoms with van der Waals surface area (Å²) < 4.78 is 22.9. The van der Waals surface area contributed by atoms with Crippen molar-refractivity contribution in [3.8, 4) is 5.75 Å². The molecule has 0 aliphatic carbocycles. The molecule has 1 aliphatic rings. The molecule has 0 spiro atoms. The molecule has 0 radical (unpaired) electrons. The minimum atomic E-state index is -1.43. The number of hydrogen-bond donors (Lipinski definition) is 5. The summed E-state index contributed by atoms with van der Waals surface area (Å²) in [6, 6.07) is 2.62. The van der Waals surface area contributed by atoms with Crippen LogP contribution in [-0.4, -0.2) is 45.2 Å². The topological polar surface area (TPSA) is 201 Å². The van der Waals surface area contributed by atoms with E-state index >= 15 is 4.39 Å². The lowest BCUT2D eigenvalue weighted by Crippen LogP contribution is -2.22. The highest BCUT2D eigenvalue weighted by Crippen LogP contribution is 2.40. The predicted molar refractivity (Wildman–Crippen MR) is 131 cm³/mol. The Balaban J connectivity index is 1.68. The molecule has 0 saturated heterocycles. The molecule has 0 atom stereocenters. The third-order valence-electron chi connectivity index (χ3n) is 5.80. The second-order valence-electron chi connectivity index (χ2n) is 8.15. The monoisotopic (exact) mass is 501 g/mol. The molecule has 190 valence electrons. The van der Waals surface area contributed by atoms with Gasteiger partial charge in [0.25, 0.3) is 0 Å². The maximum absolute atomic E-state index is 15.4. The van der Waals surface area contributed by atoms with Crippen LogP contribution in [0, 0.1) is 15.9 Å². The quantitative estimate of drug-likeness (QED) is 0.138. The molecule has 2 aromatic heterocycles. The smallest absolute Gasteiger partial charge is 0.341 e. The van der Waals surface area contributed by atoms with Gasteiger partial charge in [-0.25, -0.2) is 14.2 Å². The van der Waals surface area contributed by atoms with Crippen LogP contribution >= 0.6 is 0 Å². The largest absolute Gasteiger partial charge is 0.489 e. The zero-order valence-corrected chi connectivity index (χ0v) is 19.0. The van der Waals surface area contributed by atoms with Gasteiger partial charge in [-0.2, -0.15) is 0 Å². The van der Waals surface area contributed by atoms with Gasteiger partial charge in [0.2, 0.25) is 11.2 Å². The third-order valence-corrected chi connectivity index (χ3v) is 5.80. The van der Waals surface area contributed by atoms with Crippen LogP contribution in [0.25, 0.3) is 10.9 Å². The van der Waals surface area contributed by atoms with Crippen LogP contribution in [0.4, 0.5) is 33.1 Å². The summed E-state index contributed by atoms with van der Waals surface area (Å²) in [5, 5.41) is 26.0. The first-order chi connectivity index (χ1) is 17.2. The van der Waals surface area contributed by atoms with E-state index < -0.39 is 33.4 Å². The van der Waals surface area contributed by atoms with E-state index in [1.165, 1.54) is 18.3 Å². The normalized spacial score (nSPS) is 13.2. The van der Waals surface area contributed by atoms with Gasteiger partial charge in [-0.3, -0.25) is 14.9 Å². The number of nitrogens with two attached hydrogens (primary N) is 2. The SMILES string of the molecule is Nc1nc(NCCNc2c(F)c(N)c3c(=O)c(C(=O)O)cn4c3c2OCCCCC4)ccc1[N+](=O)[O-]. The second kappa shape index (κ2) is 9.93. The Kier molecular flexibility index (Phi) is 6.76. The van der Waals surface area contributed by atoms with E-state index in [4.69, 9.17) is 16.2 Å². The number of hydrogen-bond acceptors (Lipinski definition) is 10. The van der Waals surface area contributed by atoms with Crippen molar-refractivity contribution < 1.29 is 24.0 Å². The standard InChI is InChI=1S/C22H24FN7O6/c23-15-16(24)14-18-20(36-9-3-1-2-8-29(18)10-11(19(14)31)22(32)33)17(15)27-7-6-26-13-5-4-12(30(34)35)21(25)28-13/h4-5,10,27H,1-3,6-9,24H2,(H,32,33)(H3,25,26,28). The molecule has 4 rings (SSSR count). The lowest BCUT2D eigenvalue weighted by molar-refractivity contribution is -0.384. The minimum Gasteiger partial charge on any atom is -0.489 e. The number of pyridine rings is 2. The number of anilines is 4. The van der Waals surface area contributed by atoms with Crippen molar-refractivity contribution in [2.75, 3.05) is 41.8 Å². The molecule has 7 N–H and O–H groups in total. The van der Waals surface area contributed by atoms with Crippen LogP contribution in [0.5, 0.6) is 5.75 Å². The third kappa shape index (κ3) is 4.52. The Labute approximate surface area is 203 Å². The molecule has 13 nitrogen and oxygen atoms in total. The van der Waals surface area contributed by atoms with Crippen molar-refractivity contribution in [1.29, 1.82) is 0 Å². The summed E-state index contributed by atoms with van der Waals surface area (Å²) >= 11 is 0. The summed E-state index contributed by atoms with van der Waals surface area (Å²) in [6.45, 7) is 1.03. The Morgan fingerprint density at radius 1 is 1.25 bits per heavy atom. The van der Waals surface area contributed by atoms with Crippen LogP contribution in [0.3, 0.4) is 0 Å². The van der Waals surface area contributed by atoms with Crippen LogP contribution in [0.2, 0.25) is 0 Å². The maximum Gasteiger partial charge on any atom is 0.341 e. The number of rotatable bonds is 7. The van der Waals surface area contributed by atoms with E-state index in [0.717, 1.165) is 6.42 Å². The maximum atomic E-state index is 15.4. The van der Waals surface area contributed by atoms with Gasteiger partial charge in [-0.15, -0.1) is 0 Å². The Hall–Kier alpha value is -4.62. The van der Waals surface area contributed by atoms with Gasteiger partial charge in [0.15, 0.2) is 11.6 Å². The zero-order valence-electron chi connectivity index (χ0n) is 19.0. The highest BCUT2D eigenvalue weighted by Gasteiger charge is 2.27. The number of aromatic carboxylic acids is 1. The number of carboxylic acids is 1. The second-order valence-corrected chi connectivity index (χ2v) is 8.15. The van der Waals surface area contributed by atoms with Crippen molar-refractivity contribution >= 4 is 45.6 Å².